The molecule has 1 fully saturated rings. The number of rotatable bonds is 3. The molecule has 2 atom stereocenters. The van der Waals surface area contributed by atoms with Gasteiger partial charge in [0.1, 0.15) is 6.10 Å². The molecule has 3 aromatic rings. The van der Waals surface area contributed by atoms with Gasteiger partial charge in [-0.2, -0.15) is 0 Å². The van der Waals surface area contributed by atoms with E-state index in [-0.39, 0.29) is 12.2 Å². The van der Waals surface area contributed by atoms with Crippen LogP contribution in [-0.4, -0.2) is 39.3 Å². The van der Waals surface area contributed by atoms with Crippen LogP contribution in [0.3, 0.4) is 0 Å². The highest BCUT2D eigenvalue weighted by molar-refractivity contribution is 5.78. The highest BCUT2D eigenvalue weighted by Gasteiger charge is 2.30. The maximum atomic E-state index is 5.97. The van der Waals surface area contributed by atoms with Crippen LogP contribution >= 0.6 is 0 Å². The number of pyridine rings is 1. The summed E-state index contributed by atoms with van der Waals surface area (Å²) in [5, 5.41) is 9.17. The van der Waals surface area contributed by atoms with Crippen molar-refractivity contribution in [2.75, 3.05) is 13.1 Å². The molecule has 2 aromatic heterocycles. The Bertz CT molecular complexity index is 848. The average molecular weight is 324 g/mol. The third-order valence-electron chi connectivity index (χ3n) is 4.19. The van der Waals surface area contributed by atoms with Crippen molar-refractivity contribution in [2.24, 2.45) is 0 Å². The van der Waals surface area contributed by atoms with Crippen LogP contribution < -0.4 is 0 Å². The maximum absolute atomic E-state index is 5.97. The molecule has 124 valence electrons. The Labute approximate surface area is 140 Å². The fourth-order valence-electron chi connectivity index (χ4n) is 3.17. The molecule has 0 bridgehead atoms. The van der Waals surface area contributed by atoms with E-state index in [0.29, 0.717) is 11.8 Å². The van der Waals surface area contributed by atoms with Gasteiger partial charge in [0.05, 0.1) is 17.3 Å². The second-order valence-electron chi connectivity index (χ2n) is 6.28. The van der Waals surface area contributed by atoms with Crippen LogP contribution in [0.4, 0.5) is 0 Å². The molecule has 0 saturated carbocycles. The molecule has 6 heteroatoms. The second kappa shape index (κ2) is 6.30. The van der Waals surface area contributed by atoms with Crippen LogP contribution in [0.2, 0.25) is 0 Å². The van der Waals surface area contributed by atoms with Crippen LogP contribution in [0.1, 0.15) is 30.5 Å². The Morgan fingerprint density at radius 3 is 2.83 bits per heavy atom. The van der Waals surface area contributed by atoms with Gasteiger partial charge >= 0.3 is 0 Å². The Hall–Kier alpha value is -2.31. The number of hydrogen-bond donors (Lipinski definition) is 0. The number of fused-ring (bicyclic) bond motifs is 1. The summed E-state index contributed by atoms with van der Waals surface area (Å²) < 4.78 is 11.5. The number of morpholine rings is 1. The van der Waals surface area contributed by atoms with Crippen molar-refractivity contribution >= 4 is 10.9 Å². The molecule has 0 unspecified atom stereocenters. The van der Waals surface area contributed by atoms with Gasteiger partial charge in [-0.25, -0.2) is 0 Å². The first kappa shape index (κ1) is 15.2. The molecular weight excluding hydrogens is 304 g/mol. The van der Waals surface area contributed by atoms with Gasteiger partial charge in [0.2, 0.25) is 11.8 Å². The van der Waals surface area contributed by atoms with Crippen molar-refractivity contribution in [3.63, 3.8) is 0 Å². The van der Waals surface area contributed by atoms with Crippen molar-refractivity contribution in [3.8, 4) is 0 Å². The molecule has 0 radical (unpaired) electrons. The maximum Gasteiger partial charge on any atom is 0.246 e. The highest BCUT2D eigenvalue weighted by atomic mass is 16.5. The molecule has 3 heterocycles. The summed E-state index contributed by atoms with van der Waals surface area (Å²) in [5.41, 5.74) is 2.09. The zero-order valence-electron chi connectivity index (χ0n) is 13.8. The molecule has 0 N–H and O–H groups in total. The lowest BCUT2D eigenvalue weighted by molar-refractivity contribution is -0.0920. The van der Waals surface area contributed by atoms with E-state index in [0.717, 1.165) is 36.2 Å². The Kier molecular flexibility index (Phi) is 4.00. The summed E-state index contributed by atoms with van der Waals surface area (Å²) in [6, 6.07) is 12.4. The van der Waals surface area contributed by atoms with Crippen molar-refractivity contribution in [1.82, 2.24) is 20.1 Å². The normalized spacial score (nSPS) is 22.1. The number of para-hydroxylation sites is 1. The first-order valence-corrected chi connectivity index (χ1v) is 8.20. The summed E-state index contributed by atoms with van der Waals surface area (Å²) in [5.74, 6) is 1.12. The zero-order valence-corrected chi connectivity index (χ0v) is 13.8. The van der Waals surface area contributed by atoms with E-state index < -0.39 is 0 Å². The first-order chi connectivity index (χ1) is 11.7. The molecule has 1 aromatic carbocycles. The number of benzene rings is 1. The lowest BCUT2D eigenvalue weighted by Gasteiger charge is -2.35. The second-order valence-corrected chi connectivity index (χ2v) is 6.28. The SMILES string of the molecule is Cc1nnc([C@H]2CN(Cc3ccc4ccccc4n3)C[C@@H](C)O2)o1. The molecule has 1 aliphatic heterocycles. The van der Waals surface area contributed by atoms with Crippen LogP contribution in [0, 0.1) is 6.92 Å². The van der Waals surface area contributed by atoms with Crippen LogP contribution in [0.25, 0.3) is 10.9 Å². The van der Waals surface area contributed by atoms with E-state index >= 15 is 0 Å². The van der Waals surface area contributed by atoms with E-state index in [4.69, 9.17) is 14.1 Å². The number of aromatic nitrogens is 3. The quantitative estimate of drug-likeness (QED) is 0.738. The molecule has 4 rings (SSSR count). The molecule has 24 heavy (non-hydrogen) atoms. The number of hydrogen-bond acceptors (Lipinski definition) is 6. The van der Waals surface area contributed by atoms with Gasteiger partial charge in [0, 0.05) is 31.9 Å². The summed E-state index contributed by atoms with van der Waals surface area (Å²) in [4.78, 5) is 7.09. The van der Waals surface area contributed by atoms with E-state index in [2.05, 4.69) is 40.2 Å². The van der Waals surface area contributed by atoms with E-state index in [9.17, 15) is 0 Å². The Morgan fingerprint density at radius 1 is 1.12 bits per heavy atom. The van der Waals surface area contributed by atoms with E-state index in [1.807, 2.05) is 18.2 Å². The first-order valence-electron chi connectivity index (χ1n) is 8.20. The van der Waals surface area contributed by atoms with Crippen molar-refractivity contribution in [3.05, 3.63) is 53.9 Å². The molecule has 0 aliphatic carbocycles. The number of ether oxygens (including phenoxy) is 1. The molecule has 0 amide bonds. The van der Waals surface area contributed by atoms with Gasteiger partial charge in [0.15, 0.2) is 0 Å². The van der Waals surface area contributed by atoms with Crippen LogP contribution in [-0.2, 0) is 11.3 Å². The smallest absolute Gasteiger partial charge is 0.246 e. The molecule has 6 nitrogen and oxygen atoms in total. The lowest BCUT2D eigenvalue weighted by atomic mass is 10.1. The Balaban J connectivity index is 1.52. The van der Waals surface area contributed by atoms with E-state index in [1.54, 1.807) is 6.92 Å². The minimum Gasteiger partial charge on any atom is -0.423 e. The molecule has 1 saturated heterocycles. The van der Waals surface area contributed by atoms with Crippen molar-refractivity contribution in [1.29, 1.82) is 0 Å². The van der Waals surface area contributed by atoms with Gasteiger partial charge < -0.3 is 9.15 Å². The number of nitrogens with zero attached hydrogens (tertiary/aromatic N) is 4. The van der Waals surface area contributed by atoms with Gasteiger partial charge in [-0.05, 0) is 19.1 Å². The van der Waals surface area contributed by atoms with Gasteiger partial charge in [-0.1, -0.05) is 24.3 Å². The van der Waals surface area contributed by atoms with Gasteiger partial charge in [0.25, 0.3) is 0 Å². The van der Waals surface area contributed by atoms with Gasteiger partial charge in [-0.15, -0.1) is 10.2 Å². The predicted molar refractivity (Wildman–Crippen MR) is 89.3 cm³/mol. The summed E-state index contributed by atoms with van der Waals surface area (Å²) >= 11 is 0. The van der Waals surface area contributed by atoms with E-state index in [1.165, 1.54) is 0 Å². The minimum absolute atomic E-state index is 0.108. The molecular formula is C18H20N4O2. The minimum atomic E-state index is -0.185. The lowest BCUT2D eigenvalue weighted by Crippen LogP contribution is -2.42. The fourth-order valence-corrected chi connectivity index (χ4v) is 3.17. The summed E-state index contributed by atoms with van der Waals surface area (Å²) in [6.45, 7) is 6.22. The summed E-state index contributed by atoms with van der Waals surface area (Å²) in [6.07, 6.45) is -0.0770. The zero-order chi connectivity index (χ0) is 16.5. The van der Waals surface area contributed by atoms with Crippen molar-refractivity contribution in [2.45, 2.75) is 32.6 Å². The molecule has 0 spiro atoms. The van der Waals surface area contributed by atoms with Crippen LogP contribution in [0.5, 0.6) is 0 Å². The molecule has 1 aliphatic rings. The van der Waals surface area contributed by atoms with Crippen molar-refractivity contribution < 1.29 is 9.15 Å². The largest absolute Gasteiger partial charge is 0.423 e. The van der Waals surface area contributed by atoms with Gasteiger partial charge in [-0.3, -0.25) is 9.88 Å². The fraction of sp³-hybridized carbons (Fsp3) is 0.389. The third kappa shape index (κ3) is 3.16. The highest BCUT2D eigenvalue weighted by Crippen LogP contribution is 2.25. The number of aryl methyl sites for hydroxylation is 1. The third-order valence-corrected chi connectivity index (χ3v) is 4.19. The summed E-state index contributed by atoms with van der Waals surface area (Å²) in [7, 11) is 0. The predicted octanol–water partition coefficient (Wildman–Crippen LogP) is 2.89. The standard InChI is InChI=1S/C18H20N4O2/c1-12-9-22(11-17(23-12)18-21-20-13(2)24-18)10-15-8-7-14-5-3-4-6-16(14)19-15/h3-8,12,17H,9-11H2,1-2H3/t12-,17-/m1/s1. The Morgan fingerprint density at radius 2 is 2.00 bits per heavy atom. The topological polar surface area (TPSA) is 64.3 Å². The monoisotopic (exact) mass is 324 g/mol. The van der Waals surface area contributed by atoms with Crippen LogP contribution in [0.15, 0.2) is 40.8 Å². The average Bonchev–Trinajstić information content (AvgIpc) is 3.01.